The quantitative estimate of drug-likeness (QED) is 0.725. The zero-order valence-corrected chi connectivity index (χ0v) is 13.9. The van der Waals surface area contributed by atoms with Gasteiger partial charge in [-0.25, -0.2) is 0 Å². The molecule has 1 aliphatic heterocycles. The standard InChI is InChI=1S/C18H25NO4/c1-14-6-3-4-7-15(14)12-19(13-18(21)22-2)17(20)10-9-16-8-5-11-23-16/h3-4,6-7,16H,5,8-13H2,1-2H3. The van der Waals surface area contributed by atoms with E-state index in [1.165, 1.54) is 7.11 Å². The van der Waals surface area contributed by atoms with Gasteiger partial charge in [-0.2, -0.15) is 0 Å². The Morgan fingerprint density at radius 2 is 2.13 bits per heavy atom. The van der Waals surface area contributed by atoms with Gasteiger partial charge >= 0.3 is 5.97 Å². The zero-order valence-electron chi connectivity index (χ0n) is 13.9. The van der Waals surface area contributed by atoms with Crippen LogP contribution in [0.25, 0.3) is 0 Å². The van der Waals surface area contributed by atoms with Crippen molar-refractivity contribution in [3.63, 3.8) is 0 Å². The molecule has 5 nitrogen and oxygen atoms in total. The summed E-state index contributed by atoms with van der Waals surface area (Å²) in [6.45, 7) is 3.19. The number of amides is 1. The summed E-state index contributed by atoms with van der Waals surface area (Å²) in [5.74, 6) is -0.432. The third-order valence-corrected chi connectivity index (χ3v) is 4.23. The maximum atomic E-state index is 12.5. The van der Waals surface area contributed by atoms with Crippen molar-refractivity contribution in [1.82, 2.24) is 4.90 Å². The molecule has 0 radical (unpaired) electrons. The highest BCUT2D eigenvalue weighted by Gasteiger charge is 2.22. The van der Waals surface area contributed by atoms with Crippen LogP contribution >= 0.6 is 0 Å². The molecule has 1 aromatic rings. The predicted octanol–water partition coefficient (Wildman–Crippen LogP) is 2.46. The Balaban J connectivity index is 1.98. The van der Waals surface area contributed by atoms with Crippen LogP contribution < -0.4 is 0 Å². The van der Waals surface area contributed by atoms with Gasteiger partial charge in [-0.05, 0) is 37.3 Å². The van der Waals surface area contributed by atoms with Crippen LogP contribution in [0.2, 0.25) is 0 Å². The van der Waals surface area contributed by atoms with Crippen molar-refractivity contribution in [3.05, 3.63) is 35.4 Å². The fourth-order valence-corrected chi connectivity index (χ4v) is 2.76. The molecule has 0 N–H and O–H groups in total. The first-order valence-corrected chi connectivity index (χ1v) is 8.11. The SMILES string of the molecule is COC(=O)CN(Cc1ccccc1C)C(=O)CCC1CCCO1. The number of aryl methyl sites for hydroxylation is 1. The topological polar surface area (TPSA) is 55.8 Å². The summed E-state index contributed by atoms with van der Waals surface area (Å²) in [6, 6.07) is 7.88. The van der Waals surface area contributed by atoms with Crippen molar-refractivity contribution in [2.45, 2.75) is 45.3 Å². The van der Waals surface area contributed by atoms with Crippen molar-refractivity contribution < 1.29 is 19.1 Å². The lowest BCUT2D eigenvalue weighted by atomic mass is 10.1. The summed E-state index contributed by atoms with van der Waals surface area (Å²) in [4.78, 5) is 25.7. The molecule has 0 bridgehead atoms. The van der Waals surface area contributed by atoms with Gasteiger partial charge in [0.15, 0.2) is 0 Å². The van der Waals surface area contributed by atoms with E-state index in [-0.39, 0.29) is 18.6 Å². The number of nitrogens with zero attached hydrogens (tertiary/aromatic N) is 1. The maximum Gasteiger partial charge on any atom is 0.325 e. The van der Waals surface area contributed by atoms with Gasteiger partial charge in [0.1, 0.15) is 6.54 Å². The summed E-state index contributed by atoms with van der Waals surface area (Å²) in [5.41, 5.74) is 2.15. The molecule has 0 aliphatic carbocycles. The van der Waals surface area contributed by atoms with Crippen molar-refractivity contribution in [3.8, 4) is 0 Å². The predicted molar refractivity (Wildman–Crippen MR) is 86.8 cm³/mol. The minimum atomic E-state index is -0.399. The number of rotatable bonds is 7. The molecule has 5 heteroatoms. The van der Waals surface area contributed by atoms with Gasteiger partial charge in [0.05, 0.1) is 13.2 Å². The number of benzene rings is 1. The van der Waals surface area contributed by atoms with Gasteiger partial charge < -0.3 is 14.4 Å². The van der Waals surface area contributed by atoms with Gasteiger partial charge in [-0.15, -0.1) is 0 Å². The monoisotopic (exact) mass is 319 g/mol. The number of carbonyl (C=O) groups excluding carboxylic acids is 2. The molecule has 23 heavy (non-hydrogen) atoms. The minimum absolute atomic E-state index is 0.0187. The van der Waals surface area contributed by atoms with E-state index in [4.69, 9.17) is 9.47 Å². The van der Waals surface area contributed by atoms with Gasteiger partial charge in [0.25, 0.3) is 0 Å². The number of hydrogen-bond donors (Lipinski definition) is 0. The van der Waals surface area contributed by atoms with E-state index in [1.807, 2.05) is 31.2 Å². The van der Waals surface area contributed by atoms with Gasteiger partial charge in [-0.3, -0.25) is 9.59 Å². The summed E-state index contributed by atoms with van der Waals surface area (Å²) < 4.78 is 10.3. The van der Waals surface area contributed by atoms with Crippen molar-refractivity contribution in [2.24, 2.45) is 0 Å². The van der Waals surface area contributed by atoms with Gasteiger partial charge in [0.2, 0.25) is 5.91 Å². The van der Waals surface area contributed by atoms with E-state index in [1.54, 1.807) is 4.90 Å². The number of esters is 1. The molecule has 1 unspecified atom stereocenters. The number of methoxy groups -OCH3 is 1. The first kappa shape index (κ1) is 17.5. The van der Waals surface area contributed by atoms with Crippen LogP contribution in [-0.4, -0.2) is 43.1 Å². The average Bonchev–Trinajstić information content (AvgIpc) is 3.07. The third-order valence-electron chi connectivity index (χ3n) is 4.23. The molecule has 1 saturated heterocycles. The second-order valence-electron chi connectivity index (χ2n) is 5.93. The normalized spacial score (nSPS) is 17.0. The second kappa shape index (κ2) is 8.67. The molecule has 0 spiro atoms. The van der Waals surface area contributed by atoms with Crippen LogP contribution in [0.4, 0.5) is 0 Å². The number of carbonyl (C=O) groups is 2. The molecule has 1 heterocycles. The van der Waals surface area contributed by atoms with Crippen LogP contribution in [-0.2, 0) is 25.6 Å². The largest absolute Gasteiger partial charge is 0.468 e. The fourth-order valence-electron chi connectivity index (χ4n) is 2.76. The molecule has 126 valence electrons. The molecule has 1 aliphatic rings. The summed E-state index contributed by atoms with van der Waals surface area (Å²) in [6.07, 6.45) is 3.37. The minimum Gasteiger partial charge on any atom is -0.468 e. The van der Waals surface area contributed by atoms with E-state index in [0.717, 1.165) is 30.6 Å². The van der Waals surface area contributed by atoms with Gasteiger partial charge in [0, 0.05) is 19.6 Å². The van der Waals surface area contributed by atoms with E-state index in [0.29, 0.717) is 19.4 Å². The highest BCUT2D eigenvalue weighted by molar-refractivity contribution is 5.82. The fraction of sp³-hybridized carbons (Fsp3) is 0.556. The Morgan fingerprint density at radius 3 is 2.78 bits per heavy atom. The Bertz CT molecular complexity index is 538. The van der Waals surface area contributed by atoms with E-state index >= 15 is 0 Å². The number of hydrogen-bond acceptors (Lipinski definition) is 4. The van der Waals surface area contributed by atoms with Crippen LogP contribution in [0.3, 0.4) is 0 Å². The van der Waals surface area contributed by atoms with E-state index in [9.17, 15) is 9.59 Å². The van der Waals surface area contributed by atoms with Crippen LogP contribution in [0.15, 0.2) is 24.3 Å². The van der Waals surface area contributed by atoms with E-state index in [2.05, 4.69) is 0 Å². The molecule has 0 aromatic heterocycles. The summed E-state index contributed by atoms with van der Waals surface area (Å²) in [7, 11) is 1.34. The lowest BCUT2D eigenvalue weighted by Crippen LogP contribution is -2.36. The smallest absolute Gasteiger partial charge is 0.325 e. The lowest BCUT2D eigenvalue weighted by molar-refractivity contribution is -0.147. The number of ether oxygens (including phenoxy) is 2. The zero-order chi connectivity index (χ0) is 16.7. The molecular weight excluding hydrogens is 294 g/mol. The van der Waals surface area contributed by atoms with Crippen LogP contribution in [0.5, 0.6) is 0 Å². The Morgan fingerprint density at radius 1 is 1.35 bits per heavy atom. The van der Waals surface area contributed by atoms with Crippen molar-refractivity contribution in [1.29, 1.82) is 0 Å². The highest BCUT2D eigenvalue weighted by Crippen LogP contribution is 2.18. The Labute approximate surface area is 137 Å². The van der Waals surface area contributed by atoms with Crippen molar-refractivity contribution in [2.75, 3.05) is 20.3 Å². The van der Waals surface area contributed by atoms with Gasteiger partial charge in [-0.1, -0.05) is 24.3 Å². The summed E-state index contributed by atoms with van der Waals surface area (Å²) >= 11 is 0. The molecule has 0 saturated carbocycles. The first-order valence-electron chi connectivity index (χ1n) is 8.11. The third kappa shape index (κ3) is 5.36. The Kier molecular flexibility index (Phi) is 6.59. The second-order valence-corrected chi connectivity index (χ2v) is 5.93. The molecule has 1 atom stereocenters. The highest BCUT2D eigenvalue weighted by atomic mass is 16.5. The molecule has 2 rings (SSSR count). The van der Waals surface area contributed by atoms with Crippen LogP contribution in [0, 0.1) is 6.92 Å². The molecule has 1 aromatic carbocycles. The summed E-state index contributed by atoms with van der Waals surface area (Å²) in [5, 5.41) is 0. The molecular formula is C18H25NO4. The van der Waals surface area contributed by atoms with Crippen molar-refractivity contribution >= 4 is 11.9 Å². The average molecular weight is 319 g/mol. The first-order chi connectivity index (χ1) is 11.1. The molecule has 1 fully saturated rings. The molecule has 1 amide bonds. The van der Waals surface area contributed by atoms with E-state index < -0.39 is 5.97 Å². The maximum absolute atomic E-state index is 12.5. The van der Waals surface area contributed by atoms with Crippen LogP contribution in [0.1, 0.15) is 36.8 Å². The lowest BCUT2D eigenvalue weighted by Gasteiger charge is -2.23. The Hall–Kier alpha value is -1.88.